The summed E-state index contributed by atoms with van der Waals surface area (Å²) in [7, 11) is -4.25. The Morgan fingerprint density at radius 2 is 1.77 bits per heavy atom. The fraction of sp³-hybridized carbons (Fsp3) is 0.167. The zero-order valence-corrected chi connectivity index (χ0v) is 23.7. The van der Waals surface area contributed by atoms with E-state index >= 15 is 0 Å². The van der Waals surface area contributed by atoms with Crippen LogP contribution in [0.3, 0.4) is 0 Å². The van der Waals surface area contributed by atoms with Crippen molar-refractivity contribution in [1.82, 2.24) is 30.4 Å². The molecule has 2 aromatic carbocycles. The van der Waals surface area contributed by atoms with Gasteiger partial charge in [0.2, 0.25) is 29.0 Å². The van der Waals surface area contributed by atoms with Crippen LogP contribution in [0, 0.1) is 5.95 Å². The number of rotatable bonds is 11. The molecule has 0 radical (unpaired) electrons. The van der Waals surface area contributed by atoms with Crippen LogP contribution in [0.25, 0.3) is 21.3 Å². The van der Waals surface area contributed by atoms with E-state index in [4.69, 9.17) is 8.97 Å². The Kier molecular flexibility index (Phi) is 8.81. The van der Waals surface area contributed by atoms with Gasteiger partial charge in [-0.1, -0.05) is 18.2 Å². The molecule has 3 N–H and O–H groups in total. The van der Waals surface area contributed by atoms with E-state index in [0.717, 1.165) is 23.5 Å². The highest BCUT2D eigenvalue weighted by Gasteiger charge is 2.35. The molecule has 0 spiro atoms. The Morgan fingerprint density at radius 1 is 1.05 bits per heavy atom. The molecule has 12 nitrogen and oxygen atoms in total. The van der Waals surface area contributed by atoms with Gasteiger partial charge in [0.25, 0.3) is 0 Å². The molecular weight excluding hydrogens is 640 g/mol. The molecule has 0 saturated heterocycles. The highest BCUT2D eigenvalue weighted by Crippen LogP contribution is 2.39. The van der Waals surface area contributed by atoms with E-state index in [1.807, 2.05) is 4.83 Å². The van der Waals surface area contributed by atoms with Crippen LogP contribution in [-0.4, -0.2) is 43.7 Å². The summed E-state index contributed by atoms with van der Waals surface area (Å²) >= 11 is -1.32. The van der Waals surface area contributed by atoms with Crippen molar-refractivity contribution in [3.05, 3.63) is 89.1 Å². The second-order valence-electron chi connectivity index (χ2n) is 8.70. The Bertz CT molecular complexity index is 1870. The number of aromatic nitrogens is 4. The van der Waals surface area contributed by atoms with E-state index in [1.165, 1.54) is 30.5 Å². The van der Waals surface area contributed by atoms with Gasteiger partial charge < -0.3 is 9.15 Å². The van der Waals surface area contributed by atoms with Gasteiger partial charge in [0.05, 0.1) is 16.8 Å². The molecule has 2 atom stereocenters. The number of ether oxygens (including phenoxy) is 1. The van der Waals surface area contributed by atoms with Crippen molar-refractivity contribution in [2.75, 3.05) is 0 Å². The first-order valence-electron chi connectivity index (χ1n) is 11.9. The summed E-state index contributed by atoms with van der Waals surface area (Å²) in [6, 6.07) is 12.2. The summed E-state index contributed by atoms with van der Waals surface area (Å²) in [5.41, 5.74) is 4.19. The minimum atomic E-state index is -4.94. The van der Waals surface area contributed by atoms with Crippen LogP contribution in [0.15, 0.2) is 65.2 Å². The number of hydrogen-bond donors (Lipinski definition) is 3. The molecule has 0 amide bonds. The van der Waals surface area contributed by atoms with Crippen LogP contribution in [0.5, 0.6) is 5.75 Å². The van der Waals surface area contributed by atoms with E-state index in [-0.39, 0.29) is 28.9 Å². The fourth-order valence-corrected chi connectivity index (χ4v) is 7.33. The van der Waals surface area contributed by atoms with Gasteiger partial charge in [0.15, 0.2) is 9.84 Å². The second-order valence-corrected chi connectivity index (χ2v) is 12.6. The maximum Gasteiger partial charge on any atom is 0.573 e. The third kappa shape index (κ3) is 7.75. The number of pyridine rings is 1. The number of sulfone groups is 1. The Morgan fingerprint density at radius 3 is 2.44 bits per heavy atom. The normalized spacial score (nSPS) is 13.7. The molecule has 0 saturated carbocycles. The molecular formula is C24H18F4N6O6S3. The largest absolute Gasteiger partial charge is 0.573 e. The molecule has 3 heterocycles. The van der Waals surface area contributed by atoms with E-state index < -0.39 is 50.2 Å². The maximum absolute atomic E-state index is 13.8. The van der Waals surface area contributed by atoms with E-state index in [1.54, 1.807) is 18.2 Å². The predicted molar refractivity (Wildman–Crippen MR) is 145 cm³/mol. The average molecular weight is 659 g/mol. The number of nitrogens with zero attached hydrogens (tertiary/aromatic N) is 4. The highest BCUT2D eigenvalue weighted by atomic mass is 32.2. The van der Waals surface area contributed by atoms with Gasteiger partial charge >= 0.3 is 6.36 Å². The molecule has 0 aliphatic carbocycles. The topological polar surface area (TPSA) is 169 Å². The average Bonchev–Trinajstić information content (AvgIpc) is 3.54. The molecule has 226 valence electrons. The maximum atomic E-state index is 13.8. The first-order chi connectivity index (χ1) is 20.4. The lowest BCUT2D eigenvalue weighted by molar-refractivity contribution is -0.274. The lowest BCUT2D eigenvalue weighted by Crippen LogP contribution is -2.32. The highest BCUT2D eigenvalue weighted by molar-refractivity contribution is 7.91. The fourth-order valence-electron chi connectivity index (χ4n) is 3.98. The number of nitrogens with one attached hydrogen (secondary N) is 2. The third-order valence-electron chi connectivity index (χ3n) is 5.70. The number of alkyl halides is 3. The molecule has 0 bridgehead atoms. The summed E-state index contributed by atoms with van der Waals surface area (Å²) in [5.74, 6) is -2.33. The summed E-state index contributed by atoms with van der Waals surface area (Å²) < 4.78 is 108. The molecule has 43 heavy (non-hydrogen) atoms. The summed E-state index contributed by atoms with van der Waals surface area (Å²) in [6.45, 7) is -0.201. The standard InChI is InChI=1S/C24H18F4N6O6S3/c25-19-8-4-15(10-29-19)14-3-7-17-18(9-14)41-23(31-17)22(13-1-5-16(6-2-13)40-24(26,27)28)43(37,38)12-21-33-32-20(39-21)11-30-34-42(35)36/h1-10,22,30,34H,11-12H2,(H,35,36). The molecule has 5 rings (SSSR count). The smallest absolute Gasteiger partial charge is 0.423 e. The Labute approximate surface area is 246 Å². The Balaban J connectivity index is 1.50. The first-order valence-corrected chi connectivity index (χ1v) is 15.5. The molecule has 0 aliphatic heterocycles. The van der Waals surface area contributed by atoms with Gasteiger partial charge in [-0.25, -0.2) is 28.0 Å². The van der Waals surface area contributed by atoms with Gasteiger partial charge in [-0.05, 0) is 47.5 Å². The summed E-state index contributed by atoms with van der Waals surface area (Å²) in [6.07, 6.45) is -3.59. The van der Waals surface area contributed by atoms with Crippen molar-refractivity contribution in [3.8, 4) is 16.9 Å². The quantitative estimate of drug-likeness (QED) is 0.0804. The Hall–Kier alpha value is -3.88. The second kappa shape index (κ2) is 12.4. The van der Waals surface area contributed by atoms with Crippen molar-refractivity contribution in [2.45, 2.75) is 23.9 Å². The number of thiazole rings is 1. The van der Waals surface area contributed by atoms with Crippen LogP contribution < -0.4 is 15.0 Å². The minimum absolute atomic E-state index is 0.0869. The SMILES string of the molecule is O=S(O)NNCc1nnc(CS(=O)(=O)C(c2ccc(OC(F)(F)F)cc2)c2nc3ccc(-c4ccc(F)nc4)cc3s2)o1. The van der Waals surface area contributed by atoms with Crippen molar-refractivity contribution in [2.24, 2.45) is 0 Å². The summed E-state index contributed by atoms with van der Waals surface area (Å²) in [4.78, 5) is 10.1. The molecule has 3 aromatic heterocycles. The van der Waals surface area contributed by atoms with Crippen LogP contribution in [0.4, 0.5) is 17.6 Å². The van der Waals surface area contributed by atoms with Gasteiger partial charge in [-0.15, -0.1) is 34.7 Å². The van der Waals surface area contributed by atoms with Gasteiger partial charge in [-0.3, -0.25) is 4.55 Å². The van der Waals surface area contributed by atoms with E-state index in [9.17, 15) is 30.2 Å². The zero-order valence-electron chi connectivity index (χ0n) is 21.3. The number of fused-ring (bicyclic) bond motifs is 1. The minimum Gasteiger partial charge on any atom is -0.423 e. The van der Waals surface area contributed by atoms with Crippen LogP contribution in [0.1, 0.15) is 27.6 Å². The van der Waals surface area contributed by atoms with Crippen molar-refractivity contribution in [1.29, 1.82) is 0 Å². The van der Waals surface area contributed by atoms with Gasteiger partial charge in [0.1, 0.15) is 21.8 Å². The molecule has 0 fully saturated rings. The summed E-state index contributed by atoms with van der Waals surface area (Å²) in [5, 5.41) is 6.08. The zero-order chi connectivity index (χ0) is 30.8. The molecule has 19 heteroatoms. The molecule has 5 aromatic rings. The monoisotopic (exact) mass is 658 g/mol. The number of benzene rings is 2. The van der Waals surface area contributed by atoms with Crippen LogP contribution >= 0.6 is 11.3 Å². The molecule has 2 unspecified atom stereocenters. The lowest BCUT2D eigenvalue weighted by Gasteiger charge is -2.16. The number of halogens is 4. The lowest BCUT2D eigenvalue weighted by atomic mass is 10.1. The molecule has 0 aliphatic rings. The van der Waals surface area contributed by atoms with Crippen molar-refractivity contribution in [3.63, 3.8) is 0 Å². The number of hydrogen-bond acceptors (Lipinski definition) is 11. The van der Waals surface area contributed by atoms with Crippen molar-refractivity contribution >= 4 is 42.7 Å². The van der Waals surface area contributed by atoms with Gasteiger partial charge in [0, 0.05) is 11.8 Å². The number of hydrazine groups is 1. The third-order valence-corrected chi connectivity index (χ3v) is 9.11. The van der Waals surface area contributed by atoms with Gasteiger partial charge in [-0.2, -0.15) is 9.22 Å². The van der Waals surface area contributed by atoms with E-state index in [2.05, 4.69) is 30.3 Å². The van der Waals surface area contributed by atoms with Crippen LogP contribution in [0.2, 0.25) is 0 Å². The van der Waals surface area contributed by atoms with Crippen molar-refractivity contribution < 1.29 is 43.9 Å². The predicted octanol–water partition coefficient (Wildman–Crippen LogP) is 4.21. The van der Waals surface area contributed by atoms with Crippen LogP contribution in [-0.2, 0) is 33.4 Å². The van der Waals surface area contributed by atoms with E-state index in [0.29, 0.717) is 21.3 Å². The first kappa shape index (κ1) is 30.6.